The SMILES string of the molecule is Cc1ccnc2nc(C(=O)Oc3cccc(C#N)c3)nn12. The third-order valence-corrected chi connectivity index (χ3v) is 2.79. The molecule has 0 fully saturated rings. The highest BCUT2D eigenvalue weighted by Crippen LogP contribution is 2.14. The highest BCUT2D eigenvalue weighted by Gasteiger charge is 2.16. The van der Waals surface area contributed by atoms with Gasteiger partial charge in [-0.25, -0.2) is 14.3 Å². The minimum atomic E-state index is -0.699. The Hall–Kier alpha value is -3.27. The van der Waals surface area contributed by atoms with Gasteiger partial charge in [0.1, 0.15) is 5.75 Å². The van der Waals surface area contributed by atoms with Crippen molar-refractivity contribution < 1.29 is 9.53 Å². The maximum absolute atomic E-state index is 12.0. The van der Waals surface area contributed by atoms with Gasteiger partial charge in [0, 0.05) is 11.9 Å². The van der Waals surface area contributed by atoms with E-state index in [2.05, 4.69) is 15.1 Å². The van der Waals surface area contributed by atoms with Crippen molar-refractivity contribution in [1.29, 1.82) is 5.26 Å². The second-order valence-electron chi connectivity index (χ2n) is 4.26. The number of aryl methyl sites for hydroxylation is 1. The van der Waals surface area contributed by atoms with Crippen LogP contribution in [-0.2, 0) is 0 Å². The first kappa shape index (κ1) is 12.7. The minimum Gasteiger partial charge on any atom is -0.421 e. The molecule has 0 aliphatic heterocycles. The second-order valence-corrected chi connectivity index (χ2v) is 4.26. The molecule has 102 valence electrons. The van der Waals surface area contributed by atoms with Crippen molar-refractivity contribution in [2.75, 3.05) is 0 Å². The third kappa shape index (κ3) is 2.42. The molecule has 0 saturated carbocycles. The second kappa shape index (κ2) is 5.02. The summed E-state index contributed by atoms with van der Waals surface area (Å²) in [5.41, 5.74) is 1.21. The predicted molar refractivity (Wildman–Crippen MR) is 71.6 cm³/mol. The molecule has 0 saturated heterocycles. The average molecular weight is 279 g/mol. The Morgan fingerprint density at radius 1 is 1.38 bits per heavy atom. The summed E-state index contributed by atoms with van der Waals surface area (Å²) < 4.78 is 6.62. The van der Waals surface area contributed by atoms with Crippen molar-refractivity contribution in [2.24, 2.45) is 0 Å². The molecule has 7 nitrogen and oxygen atoms in total. The van der Waals surface area contributed by atoms with E-state index in [-0.39, 0.29) is 11.6 Å². The molecular formula is C14H9N5O2. The molecule has 0 aliphatic carbocycles. The highest BCUT2D eigenvalue weighted by atomic mass is 16.5. The monoisotopic (exact) mass is 279 g/mol. The fourth-order valence-electron chi connectivity index (χ4n) is 1.77. The summed E-state index contributed by atoms with van der Waals surface area (Å²) >= 11 is 0. The van der Waals surface area contributed by atoms with Crippen LogP contribution in [0.2, 0.25) is 0 Å². The summed E-state index contributed by atoms with van der Waals surface area (Å²) in [6.07, 6.45) is 1.59. The first-order chi connectivity index (χ1) is 10.2. The van der Waals surface area contributed by atoms with Gasteiger partial charge in [-0.1, -0.05) is 6.07 Å². The van der Waals surface area contributed by atoms with Crippen LogP contribution in [0.3, 0.4) is 0 Å². The molecule has 21 heavy (non-hydrogen) atoms. The van der Waals surface area contributed by atoms with E-state index in [9.17, 15) is 4.79 Å². The topological polar surface area (TPSA) is 93.2 Å². The normalized spacial score (nSPS) is 10.3. The lowest BCUT2D eigenvalue weighted by Gasteiger charge is -2.01. The van der Waals surface area contributed by atoms with Crippen molar-refractivity contribution in [1.82, 2.24) is 19.6 Å². The fourth-order valence-corrected chi connectivity index (χ4v) is 1.77. The van der Waals surface area contributed by atoms with E-state index in [1.54, 1.807) is 30.5 Å². The molecule has 2 aromatic heterocycles. The summed E-state index contributed by atoms with van der Waals surface area (Å²) in [6.45, 7) is 1.83. The lowest BCUT2D eigenvalue weighted by molar-refractivity contribution is 0.0722. The molecule has 0 spiro atoms. The molecule has 0 atom stereocenters. The van der Waals surface area contributed by atoms with Crippen LogP contribution in [0.15, 0.2) is 36.5 Å². The van der Waals surface area contributed by atoms with Gasteiger partial charge in [-0.05, 0) is 31.2 Å². The minimum absolute atomic E-state index is 0.0841. The molecule has 2 heterocycles. The first-order valence-electron chi connectivity index (χ1n) is 6.08. The van der Waals surface area contributed by atoms with E-state index < -0.39 is 5.97 Å². The van der Waals surface area contributed by atoms with Crippen LogP contribution < -0.4 is 4.74 Å². The molecule has 0 amide bonds. The Balaban J connectivity index is 1.90. The largest absolute Gasteiger partial charge is 0.421 e. The zero-order chi connectivity index (χ0) is 14.8. The van der Waals surface area contributed by atoms with Crippen LogP contribution in [0, 0.1) is 18.3 Å². The van der Waals surface area contributed by atoms with Crippen molar-refractivity contribution in [3.8, 4) is 11.8 Å². The Morgan fingerprint density at radius 3 is 3.00 bits per heavy atom. The smallest absolute Gasteiger partial charge is 0.383 e. The van der Waals surface area contributed by atoms with Crippen LogP contribution in [0.25, 0.3) is 5.78 Å². The van der Waals surface area contributed by atoms with Crippen molar-refractivity contribution in [3.05, 3.63) is 53.6 Å². The summed E-state index contributed by atoms with van der Waals surface area (Å²) in [4.78, 5) is 20.1. The van der Waals surface area contributed by atoms with E-state index in [4.69, 9.17) is 10.00 Å². The fraction of sp³-hybridized carbons (Fsp3) is 0.0714. The van der Waals surface area contributed by atoms with Gasteiger partial charge in [0.05, 0.1) is 11.6 Å². The number of nitriles is 1. The van der Waals surface area contributed by atoms with Gasteiger partial charge in [-0.3, -0.25) is 0 Å². The van der Waals surface area contributed by atoms with Crippen LogP contribution in [-0.4, -0.2) is 25.6 Å². The van der Waals surface area contributed by atoms with Gasteiger partial charge < -0.3 is 4.74 Å². The quantitative estimate of drug-likeness (QED) is 0.521. The summed E-state index contributed by atoms with van der Waals surface area (Å²) in [7, 11) is 0. The molecule has 3 rings (SSSR count). The van der Waals surface area contributed by atoms with Gasteiger partial charge in [0.2, 0.25) is 0 Å². The number of rotatable bonds is 2. The Morgan fingerprint density at radius 2 is 2.24 bits per heavy atom. The van der Waals surface area contributed by atoms with Crippen molar-refractivity contribution in [2.45, 2.75) is 6.92 Å². The zero-order valence-corrected chi connectivity index (χ0v) is 11.0. The number of carbonyl (C=O) groups excluding carboxylic acids is 1. The zero-order valence-electron chi connectivity index (χ0n) is 11.0. The van der Waals surface area contributed by atoms with Crippen LogP contribution in [0.4, 0.5) is 0 Å². The number of fused-ring (bicyclic) bond motifs is 1. The molecule has 7 heteroatoms. The molecule has 1 aromatic carbocycles. The highest BCUT2D eigenvalue weighted by molar-refractivity contribution is 5.87. The van der Waals surface area contributed by atoms with Crippen molar-refractivity contribution in [3.63, 3.8) is 0 Å². The van der Waals surface area contributed by atoms with E-state index in [0.717, 1.165) is 5.69 Å². The number of nitrogens with zero attached hydrogens (tertiary/aromatic N) is 5. The van der Waals surface area contributed by atoms with E-state index >= 15 is 0 Å². The molecule has 0 unspecified atom stereocenters. The Labute approximate surface area is 119 Å². The average Bonchev–Trinajstić information content (AvgIpc) is 2.93. The first-order valence-corrected chi connectivity index (χ1v) is 6.08. The Bertz CT molecular complexity index is 878. The molecule has 0 N–H and O–H groups in total. The van der Waals surface area contributed by atoms with Crippen LogP contribution >= 0.6 is 0 Å². The van der Waals surface area contributed by atoms with Crippen LogP contribution in [0.5, 0.6) is 5.75 Å². The third-order valence-electron chi connectivity index (χ3n) is 2.79. The number of hydrogen-bond acceptors (Lipinski definition) is 6. The predicted octanol–water partition coefficient (Wildman–Crippen LogP) is 1.52. The molecule has 0 aliphatic rings. The van der Waals surface area contributed by atoms with E-state index in [1.807, 2.05) is 13.0 Å². The standard InChI is InChI=1S/C14H9N5O2/c1-9-5-6-16-14-17-12(18-19(9)14)13(20)21-11-4-2-3-10(7-11)8-15/h2-7H,1H3. The molecule has 0 bridgehead atoms. The number of ether oxygens (including phenoxy) is 1. The van der Waals surface area contributed by atoms with Gasteiger partial charge in [-0.15, -0.1) is 5.10 Å². The number of carbonyl (C=O) groups is 1. The number of benzene rings is 1. The van der Waals surface area contributed by atoms with Crippen LogP contribution in [0.1, 0.15) is 21.9 Å². The van der Waals surface area contributed by atoms with Crippen molar-refractivity contribution >= 4 is 11.7 Å². The Kier molecular flexibility index (Phi) is 3.04. The van der Waals surface area contributed by atoms with E-state index in [0.29, 0.717) is 11.3 Å². The lowest BCUT2D eigenvalue weighted by Crippen LogP contribution is -2.11. The van der Waals surface area contributed by atoms with Gasteiger partial charge >= 0.3 is 5.97 Å². The van der Waals surface area contributed by atoms with E-state index in [1.165, 1.54) is 10.6 Å². The summed E-state index contributed by atoms with van der Waals surface area (Å²) in [6, 6.07) is 10.0. The van der Waals surface area contributed by atoms with Gasteiger partial charge in [-0.2, -0.15) is 10.2 Å². The lowest BCUT2D eigenvalue weighted by atomic mass is 10.2. The summed E-state index contributed by atoms with van der Waals surface area (Å²) in [5, 5.41) is 12.9. The number of esters is 1. The maximum atomic E-state index is 12.0. The molecular weight excluding hydrogens is 270 g/mol. The van der Waals surface area contributed by atoms with Gasteiger partial charge in [0.25, 0.3) is 11.6 Å². The maximum Gasteiger partial charge on any atom is 0.383 e. The van der Waals surface area contributed by atoms with Gasteiger partial charge in [0.15, 0.2) is 0 Å². The molecule has 0 radical (unpaired) electrons. The summed E-state index contributed by atoms with van der Waals surface area (Å²) in [5.74, 6) is -0.190. The molecule has 3 aromatic rings. The number of aromatic nitrogens is 4. The number of hydrogen-bond donors (Lipinski definition) is 0.